The van der Waals surface area contributed by atoms with Gasteiger partial charge in [-0.15, -0.1) is 13.2 Å². The van der Waals surface area contributed by atoms with E-state index in [2.05, 4.69) is 51.3 Å². The number of carbonyl (C=O) groups excluding carboxylic acids is 2. The van der Waals surface area contributed by atoms with Crippen LogP contribution in [0.5, 0.6) is 0 Å². The summed E-state index contributed by atoms with van der Waals surface area (Å²) in [6.45, 7) is 10.5. The third-order valence-electron chi connectivity index (χ3n) is 7.51. The Labute approximate surface area is 257 Å². The van der Waals surface area contributed by atoms with Crippen LogP contribution >= 0.6 is 0 Å². The number of rotatable bonds is 30. The Morgan fingerprint density at radius 3 is 0.951 bits per heavy atom. The van der Waals surface area contributed by atoms with E-state index >= 15 is 0 Å². The molecule has 0 aromatic heterocycles. The Balaban J connectivity index is 0. The quantitative estimate of drug-likeness (QED) is 0.0371. The van der Waals surface area contributed by atoms with E-state index in [9.17, 15) is 9.59 Å². The highest BCUT2D eigenvalue weighted by Gasteiger charge is 2.09. The van der Waals surface area contributed by atoms with Gasteiger partial charge in [-0.1, -0.05) is 141 Å². The lowest BCUT2D eigenvalue weighted by molar-refractivity contribution is -0.159. The van der Waals surface area contributed by atoms with Crippen LogP contribution in [0.4, 0.5) is 0 Å². The molecule has 0 heterocycles. The van der Waals surface area contributed by atoms with E-state index in [1.807, 2.05) is 0 Å². The number of hydrogen-bond acceptors (Lipinski definition) is 3. The monoisotopic (exact) mass is 575 g/mol. The summed E-state index contributed by atoms with van der Waals surface area (Å²) in [5, 5.41) is 0. The van der Waals surface area contributed by atoms with E-state index in [1.54, 1.807) is 0 Å². The minimum Gasteiger partial charge on any atom is -0.393 e. The van der Waals surface area contributed by atoms with Crippen LogP contribution in [0.25, 0.3) is 0 Å². The molecule has 0 aliphatic carbocycles. The van der Waals surface area contributed by atoms with Gasteiger partial charge in [0.2, 0.25) is 0 Å². The lowest BCUT2D eigenvalue weighted by Gasteiger charge is -2.04. The molecular weight excluding hydrogens is 504 g/mol. The normalized spacial score (nSPS) is 11.2. The summed E-state index contributed by atoms with van der Waals surface area (Å²) in [5.41, 5.74) is 0. The first-order valence-electron chi connectivity index (χ1n) is 17.7. The number of carbonyl (C=O) groups is 2. The van der Waals surface area contributed by atoms with Crippen LogP contribution in [-0.2, 0) is 14.3 Å². The Morgan fingerprint density at radius 1 is 0.415 bits per heavy atom. The summed E-state index contributed by atoms with van der Waals surface area (Å²) in [7, 11) is 0. The van der Waals surface area contributed by atoms with Gasteiger partial charge in [0.05, 0.1) is 0 Å². The molecule has 0 saturated carbocycles. The highest BCUT2D eigenvalue weighted by Crippen LogP contribution is 2.12. The van der Waals surface area contributed by atoms with Crippen molar-refractivity contribution in [3.8, 4) is 0 Å². The van der Waals surface area contributed by atoms with E-state index in [4.69, 9.17) is 4.74 Å². The summed E-state index contributed by atoms with van der Waals surface area (Å²) in [5.74, 6) is -0.684. The molecular formula is C38H70O3. The molecule has 3 nitrogen and oxygen atoms in total. The molecule has 0 fully saturated rings. The van der Waals surface area contributed by atoms with E-state index < -0.39 is 0 Å². The van der Waals surface area contributed by atoms with Gasteiger partial charge in [0, 0.05) is 12.8 Å². The van der Waals surface area contributed by atoms with Crippen LogP contribution in [-0.4, -0.2) is 11.9 Å². The molecule has 0 spiro atoms. The largest absolute Gasteiger partial charge is 0.393 e. The fourth-order valence-electron chi connectivity index (χ4n) is 4.91. The molecule has 0 aliphatic heterocycles. The molecule has 41 heavy (non-hydrogen) atoms. The molecule has 0 radical (unpaired) electrons. The van der Waals surface area contributed by atoms with E-state index in [0.29, 0.717) is 12.8 Å². The first kappa shape index (κ1) is 41.5. The Bertz CT molecular complexity index is 542. The average molecular weight is 575 g/mol. The minimum absolute atomic E-state index is 0.342. The van der Waals surface area contributed by atoms with E-state index in [0.717, 1.165) is 38.5 Å². The van der Waals surface area contributed by atoms with Crippen molar-refractivity contribution < 1.29 is 14.3 Å². The maximum atomic E-state index is 11.9. The first-order chi connectivity index (χ1) is 20.2. The topological polar surface area (TPSA) is 43.4 Å². The van der Waals surface area contributed by atoms with Gasteiger partial charge in [-0.05, 0) is 64.2 Å². The van der Waals surface area contributed by atoms with Crippen molar-refractivity contribution in [2.45, 2.75) is 194 Å². The standard InChI is InChI=1S/C36H66O3.C2H4/c1-3-5-7-9-11-13-15-17-19-21-23-25-27-29-31-33-35(37)39-36(38)34-32-30-28-26-24-22-20-18-16-14-12-10-8-6-4-2;1-2/h17-20H,3-16,21-34H2,1-2H3;1-2H2/b19-17-,20-18?;. The van der Waals surface area contributed by atoms with Gasteiger partial charge < -0.3 is 4.74 Å². The number of allylic oxidation sites excluding steroid dienone is 4. The molecule has 0 unspecified atom stereocenters. The highest BCUT2D eigenvalue weighted by molar-refractivity contribution is 5.85. The predicted molar refractivity (Wildman–Crippen MR) is 181 cm³/mol. The molecule has 0 aliphatic rings. The molecule has 0 bridgehead atoms. The van der Waals surface area contributed by atoms with Crippen molar-refractivity contribution in [1.82, 2.24) is 0 Å². The maximum Gasteiger partial charge on any atom is 0.313 e. The van der Waals surface area contributed by atoms with Gasteiger partial charge in [0.15, 0.2) is 0 Å². The van der Waals surface area contributed by atoms with Gasteiger partial charge in [0.1, 0.15) is 0 Å². The second-order valence-corrected chi connectivity index (χ2v) is 11.5. The summed E-state index contributed by atoms with van der Waals surface area (Å²) in [6, 6.07) is 0. The lowest BCUT2D eigenvalue weighted by atomic mass is 10.1. The molecule has 0 aromatic carbocycles. The molecule has 0 rings (SSSR count). The molecule has 0 amide bonds. The van der Waals surface area contributed by atoms with Crippen LogP contribution in [0.2, 0.25) is 0 Å². The predicted octanol–water partition coefficient (Wildman–Crippen LogP) is 12.9. The van der Waals surface area contributed by atoms with Crippen LogP contribution in [0.3, 0.4) is 0 Å². The SMILES string of the molecule is C=C.CCCCCCCCC=CCCCCCCCC(=O)OC(=O)CCCCCCC/C=C\CCCCCCCC. The summed E-state index contributed by atoms with van der Waals surface area (Å²) in [6.07, 6.45) is 42.2. The van der Waals surface area contributed by atoms with E-state index in [1.165, 1.54) is 128 Å². The Morgan fingerprint density at radius 2 is 0.659 bits per heavy atom. The zero-order chi connectivity index (χ0) is 30.5. The van der Waals surface area contributed by atoms with Crippen LogP contribution < -0.4 is 0 Å². The van der Waals surface area contributed by atoms with Gasteiger partial charge in [-0.25, -0.2) is 0 Å². The van der Waals surface area contributed by atoms with Crippen molar-refractivity contribution in [3.05, 3.63) is 37.5 Å². The van der Waals surface area contributed by atoms with Crippen molar-refractivity contribution in [3.63, 3.8) is 0 Å². The fourth-order valence-corrected chi connectivity index (χ4v) is 4.91. The maximum absolute atomic E-state index is 11.9. The van der Waals surface area contributed by atoms with E-state index in [-0.39, 0.29) is 11.9 Å². The number of unbranched alkanes of at least 4 members (excludes halogenated alkanes) is 22. The van der Waals surface area contributed by atoms with Crippen molar-refractivity contribution in [1.29, 1.82) is 0 Å². The molecule has 0 saturated heterocycles. The third kappa shape index (κ3) is 38.4. The second-order valence-electron chi connectivity index (χ2n) is 11.5. The molecule has 0 atom stereocenters. The smallest absolute Gasteiger partial charge is 0.313 e. The van der Waals surface area contributed by atoms with Crippen molar-refractivity contribution in [2.75, 3.05) is 0 Å². The van der Waals surface area contributed by atoms with Crippen molar-refractivity contribution >= 4 is 11.9 Å². The van der Waals surface area contributed by atoms with Gasteiger partial charge >= 0.3 is 11.9 Å². The molecule has 240 valence electrons. The molecule has 0 aromatic rings. The fraction of sp³-hybridized carbons (Fsp3) is 0.789. The van der Waals surface area contributed by atoms with Gasteiger partial charge in [0.25, 0.3) is 0 Å². The number of hydrogen-bond donors (Lipinski definition) is 0. The zero-order valence-corrected chi connectivity index (χ0v) is 27.7. The average Bonchev–Trinajstić information content (AvgIpc) is 2.98. The Hall–Kier alpha value is -1.64. The minimum atomic E-state index is -0.342. The molecule has 0 N–H and O–H groups in total. The number of esters is 2. The summed E-state index contributed by atoms with van der Waals surface area (Å²) >= 11 is 0. The van der Waals surface area contributed by atoms with Gasteiger partial charge in [-0.3, -0.25) is 9.59 Å². The lowest BCUT2D eigenvalue weighted by Crippen LogP contribution is -2.11. The summed E-state index contributed by atoms with van der Waals surface area (Å²) < 4.78 is 4.99. The second kappa shape index (κ2) is 38.4. The molecule has 3 heteroatoms. The zero-order valence-electron chi connectivity index (χ0n) is 27.7. The van der Waals surface area contributed by atoms with Crippen molar-refractivity contribution in [2.24, 2.45) is 0 Å². The third-order valence-corrected chi connectivity index (χ3v) is 7.51. The van der Waals surface area contributed by atoms with Crippen LogP contribution in [0.1, 0.15) is 194 Å². The summed E-state index contributed by atoms with van der Waals surface area (Å²) in [4.78, 5) is 23.8. The van der Waals surface area contributed by atoms with Gasteiger partial charge in [-0.2, -0.15) is 0 Å². The van der Waals surface area contributed by atoms with Crippen LogP contribution in [0, 0.1) is 0 Å². The first-order valence-corrected chi connectivity index (χ1v) is 17.7. The Kier molecular flexibility index (Phi) is 38.8. The highest BCUT2D eigenvalue weighted by atomic mass is 16.6. The van der Waals surface area contributed by atoms with Crippen LogP contribution in [0.15, 0.2) is 37.5 Å². The number of ether oxygens (including phenoxy) is 1.